The van der Waals surface area contributed by atoms with E-state index in [2.05, 4.69) is 20.1 Å². The molecule has 11 nitrogen and oxygen atoms in total. The molecule has 0 bridgehead atoms. The molecule has 3 N–H and O–H groups in total. The summed E-state index contributed by atoms with van der Waals surface area (Å²) in [6.45, 7) is 11.8. The summed E-state index contributed by atoms with van der Waals surface area (Å²) in [4.78, 5) is 50.6. The minimum Gasteiger partial charge on any atom is -0.383 e. The third-order valence-corrected chi connectivity index (χ3v) is 4.63. The zero-order valence-corrected chi connectivity index (χ0v) is 18.6. The minimum atomic E-state index is -0.731. The van der Waals surface area contributed by atoms with Crippen LogP contribution in [0.15, 0.2) is 15.7 Å². The van der Waals surface area contributed by atoms with E-state index in [4.69, 9.17) is 5.73 Å². The molecule has 0 unspecified atom stereocenters. The highest BCUT2D eigenvalue weighted by Crippen LogP contribution is 2.21. The van der Waals surface area contributed by atoms with Crippen molar-refractivity contribution in [3.63, 3.8) is 0 Å². The first-order valence-electron chi connectivity index (χ1n) is 10.1. The monoisotopic (exact) mass is 428 g/mol. The van der Waals surface area contributed by atoms with E-state index in [0.717, 1.165) is 11.4 Å². The second-order valence-corrected chi connectivity index (χ2v) is 8.49. The van der Waals surface area contributed by atoms with Crippen molar-refractivity contribution < 1.29 is 4.79 Å². The Kier molecular flexibility index (Phi) is 5.96. The van der Waals surface area contributed by atoms with Crippen molar-refractivity contribution in [2.24, 2.45) is 11.8 Å². The Hall–Kier alpha value is -3.50. The summed E-state index contributed by atoms with van der Waals surface area (Å²) in [6, 6.07) is 1.83. The fourth-order valence-corrected chi connectivity index (χ4v) is 3.40. The number of nitrogens with one attached hydrogen (secondary N) is 1. The van der Waals surface area contributed by atoms with Gasteiger partial charge in [-0.1, -0.05) is 27.7 Å². The van der Waals surface area contributed by atoms with E-state index in [9.17, 15) is 14.4 Å². The maximum atomic E-state index is 13.4. The van der Waals surface area contributed by atoms with Gasteiger partial charge in [0.2, 0.25) is 5.82 Å². The Labute approximate surface area is 178 Å². The van der Waals surface area contributed by atoms with Gasteiger partial charge in [0.15, 0.2) is 5.69 Å². The van der Waals surface area contributed by atoms with Crippen LogP contribution in [0, 0.1) is 25.7 Å². The molecule has 0 radical (unpaired) electrons. The number of anilines is 2. The Morgan fingerprint density at radius 3 is 2.45 bits per heavy atom. The van der Waals surface area contributed by atoms with Crippen molar-refractivity contribution in [3.8, 4) is 0 Å². The summed E-state index contributed by atoms with van der Waals surface area (Å²) in [7, 11) is 0. The maximum absolute atomic E-state index is 13.4. The second-order valence-electron chi connectivity index (χ2n) is 8.49. The molecule has 0 saturated carbocycles. The summed E-state index contributed by atoms with van der Waals surface area (Å²) >= 11 is 0. The lowest BCUT2D eigenvalue weighted by molar-refractivity contribution is 0.0973. The largest absolute Gasteiger partial charge is 0.383 e. The summed E-state index contributed by atoms with van der Waals surface area (Å²) in [6.07, 6.45) is 0. The smallest absolute Gasteiger partial charge is 0.330 e. The van der Waals surface area contributed by atoms with Crippen molar-refractivity contribution in [3.05, 3.63) is 44.1 Å². The predicted octanol–water partition coefficient (Wildman–Crippen LogP) is 1.13. The third-order valence-electron chi connectivity index (χ3n) is 4.63. The number of aromatic amines is 1. The van der Waals surface area contributed by atoms with Crippen molar-refractivity contribution in [2.45, 2.75) is 48.1 Å². The molecule has 3 aromatic heterocycles. The van der Waals surface area contributed by atoms with Crippen LogP contribution in [-0.2, 0) is 6.54 Å². The van der Waals surface area contributed by atoms with Crippen molar-refractivity contribution in [1.82, 2.24) is 29.1 Å². The Morgan fingerprint density at radius 1 is 1.16 bits per heavy atom. The van der Waals surface area contributed by atoms with Crippen molar-refractivity contribution >= 4 is 23.2 Å². The van der Waals surface area contributed by atoms with Crippen LogP contribution < -0.4 is 21.9 Å². The van der Waals surface area contributed by atoms with Crippen LogP contribution in [0.4, 0.5) is 11.5 Å². The molecule has 166 valence electrons. The fourth-order valence-electron chi connectivity index (χ4n) is 3.40. The SMILES string of the molecule is Cc1cc(C)n2nc(C(=O)N(CC(C)C)c3c(N)n(CC(C)C)c(=O)[nH]c3=O)nc2n1. The number of nitrogens with zero attached hydrogens (tertiary/aromatic N) is 6. The molecule has 0 aliphatic carbocycles. The zero-order chi connectivity index (χ0) is 23.0. The number of aryl methyl sites for hydroxylation is 2. The van der Waals surface area contributed by atoms with Crippen LogP contribution in [0.2, 0.25) is 0 Å². The lowest BCUT2D eigenvalue weighted by Gasteiger charge is -2.25. The number of hydrogen-bond donors (Lipinski definition) is 2. The molecule has 0 aliphatic heterocycles. The van der Waals surface area contributed by atoms with Crippen LogP contribution in [0.25, 0.3) is 5.78 Å². The summed E-state index contributed by atoms with van der Waals surface area (Å²) in [5.74, 6) is -0.370. The van der Waals surface area contributed by atoms with E-state index in [1.54, 1.807) is 0 Å². The van der Waals surface area contributed by atoms with Gasteiger partial charge in [-0.2, -0.15) is 4.98 Å². The highest BCUT2D eigenvalue weighted by Gasteiger charge is 2.29. The van der Waals surface area contributed by atoms with E-state index < -0.39 is 17.2 Å². The number of carbonyl (C=O) groups excluding carboxylic acids is 1. The van der Waals surface area contributed by atoms with Gasteiger partial charge in [0.25, 0.3) is 17.2 Å². The Morgan fingerprint density at radius 2 is 1.84 bits per heavy atom. The normalized spacial score (nSPS) is 11.6. The molecular weight excluding hydrogens is 400 g/mol. The van der Waals surface area contributed by atoms with E-state index in [0.29, 0.717) is 6.54 Å². The molecule has 3 rings (SSSR count). The van der Waals surface area contributed by atoms with Gasteiger partial charge < -0.3 is 5.73 Å². The first kappa shape index (κ1) is 22.2. The molecule has 1 amide bonds. The van der Waals surface area contributed by atoms with Crippen molar-refractivity contribution in [2.75, 3.05) is 17.2 Å². The van der Waals surface area contributed by atoms with E-state index in [-0.39, 0.29) is 41.5 Å². The maximum Gasteiger partial charge on any atom is 0.330 e. The predicted molar refractivity (Wildman–Crippen MR) is 117 cm³/mol. The van der Waals surface area contributed by atoms with Gasteiger partial charge in [-0.25, -0.2) is 14.3 Å². The number of amides is 1. The summed E-state index contributed by atoms with van der Waals surface area (Å²) in [5.41, 5.74) is 6.32. The molecule has 0 atom stereocenters. The quantitative estimate of drug-likeness (QED) is 0.599. The van der Waals surface area contributed by atoms with Gasteiger partial charge in [0.05, 0.1) is 0 Å². The molecule has 0 aromatic carbocycles. The van der Waals surface area contributed by atoms with Gasteiger partial charge >= 0.3 is 5.69 Å². The molecule has 0 spiro atoms. The lowest BCUT2D eigenvalue weighted by Crippen LogP contribution is -2.43. The molecule has 11 heteroatoms. The van der Waals surface area contributed by atoms with Gasteiger partial charge in [-0.05, 0) is 31.7 Å². The van der Waals surface area contributed by atoms with Crippen LogP contribution in [0.1, 0.15) is 49.7 Å². The first-order chi connectivity index (χ1) is 14.5. The number of rotatable bonds is 6. The van der Waals surface area contributed by atoms with Crippen LogP contribution in [-0.4, -0.2) is 41.6 Å². The number of H-pyrrole nitrogens is 1. The van der Waals surface area contributed by atoms with Gasteiger partial charge in [-0.3, -0.25) is 24.0 Å². The molecule has 0 saturated heterocycles. The molecular formula is C20H28N8O3. The van der Waals surface area contributed by atoms with E-state index >= 15 is 0 Å². The molecule has 0 aliphatic rings. The van der Waals surface area contributed by atoms with Crippen molar-refractivity contribution in [1.29, 1.82) is 0 Å². The van der Waals surface area contributed by atoms with Crippen LogP contribution in [0.5, 0.6) is 0 Å². The number of nitrogen functional groups attached to an aromatic ring is 1. The number of carbonyl (C=O) groups is 1. The van der Waals surface area contributed by atoms with Crippen LogP contribution >= 0.6 is 0 Å². The van der Waals surface area contributed by atoms with Crippen LogP contribution in [0.3, 0.4) is 0 Å². The molecule has 31 heavy (non-hydrogen) atoms. The third kappa shape index (κ3) is 4.35. The standard InChI is InChI=1S/C20H28N8O3/c1-10(2)8-26(14-15(21)27(9-11(3)4)20(31)24-17(14)29)18(30)16-23-19-22-12(5)7-13(6)28(19)25-16/h7,10-11H,8-9,21H2,1-6H3,(H,24,29,31). The highest BCUT2D eigenvalue weighted by atomic mass is 16.2. The topological polar surface area (TPSA) is 144 Å². The molecule has 3 heterocycles. The zero-order valence-electron chi connectivity index (χ0n) is 18.6. The Bertz CT molecular complexity index is 1250. The van der Waals surface area contributed by atoms with Gasteiger partial charge in [0.1, 0.15) is 5.82 Å². The molecule has 3 aromatic rings. The summed E-state index contributed by atoms with van der Waals surface area (Å²) < 4.78 is 2.75. The average Bonchev–Trinajstić information content (AvgIpc) is 3.07. The summed E-state index contributed by atoms with van der Waals surface area (Å²) in [5, 5.41) is 4.28. The fraction of sp³-hybridized carbons (Fsp3) is 0.500. The van der Waals surface area contributed by atoms with Gasteiger partial charge in [0, 0.05) is 24.5 Å². The highest BCUT2D eigenvalue weighted by molar-refractivity contribution is 6.05. The number of hydrogen-bond acceptors (Lipinski definition) is 7. The minimum absolute atomic E-state index is 0.00682. The Balaban J connectivity index is 2.17. The number of fused-ring (bicyclic) bond motifs is 1. The lowest BCUT2D eigenvalue weighted by atomic mass is 10.2. The van der Waals surface area contributed by atoms with E-state index in [1.165, 1.54) is 14.0 Å². The van der Waals surface area contributed by atoms with E-state index in [1.807, 2.05) is 47.6 Å². The number of aromatic nitrogens is 6. The van der Waals surface area contributed by atoms with Gasteiger partial charge in [-0.15, -0.1) is 5.10 Å². The molecule has 0 fully saturated rings. The second kappa shape index (κ2) is 8.32. The first-order valence-corrected chi connectivity index (χ1v) is 10.1. The number of nitrogens with two attached hydrogens (primary N) is 1. The average molecular weight is 428 g/mol.